The minimum Gasteiger partial charge on any atom is -0.325 e. The third kappa shape index (κ3) is 3.07. The van der Waals surface area contributed by atoms with E-state index in [1.165, 1.54) is 0 Å². The summed E-state index contributed by atoms with van der Waals surface area (Å²) < 4.78 is 0.972. The molecule has 0 atom stereocenters. The van der Waals surface area contributed by atoms with E-state index in [-0.39, 0.29) is 11.6 Å². The van der Waals surface area contributed by atoms with Crippen molar-refractivity contribution < 1.29 is 4.79 Å². The van der Waals surface area contributed by atoms with E-state index >= 15 is 0 Å². The van der Waals surface area contributed by atoms with Crippen LogP contribution < -0.4 is 11.0 Å². The van der Waals surface area contributed by atoms with Gasteiger partial charge in [-0.3, -0.25) is 4.79 Å². The maximum Gasteiger partial charge on any atom is 0.323 e. The summed E-state index contributed by atoms with van der Waals surface area (Å²) in [7, 11) is 0. The molecule has 0 saturated heterocycles. The zero-order valence-corrected chi connectivity index (χ0v) is 14.3. The Morgan fingerprint density at radius 1 is 1.04 bits per heavy atom. The molecule has 0 unspecified atom stereocenters. The predicted molar refractivity (Wildman–Crippen MR) is 94.7 cm³/mol. The minimum absolute atomic E-state index is 0.114. The number of aromatic amines is 2. The molecule has 0 saturated carbocycles. The van der Waals surface area contributed by atoms with Crippen LogP contribution in [0.1, 0.15) is 19.4 Å². The highest BCUT2D eigenvalue weighted by Gasteiger charge is 2.29. The van der Waals surface area contributed by atoms with Gasteiger partial charge < -0.3 is 15.3 Å². The van der Waals surface area contributed by atoms with Gasteiger partial charge in [0.15, 0.2) is 0 Å². The number of benzene rings is 2. The fourth-order valence-electron chi connectivity index (χ4n) is 2.40. The van der Waals surface area contributed by atoms with Gasteiger partial charge in [0.2, 0.25) is 5.91 Å². The predicted octanol–water partition coefficient (Wildman–Crippen LogP) is 3.54. The van der Waals surface area contributed by atoms with Crippen LogP contribution in [-0.2, 0) is 10.2 Å². The van der Waals surface area contributed by atoms with Crippen molar-refractivity contribution in [3.8, 4) is 0 Å². The molecule has 0 aliphatic heterocycles. The molecule has 0 aliphatic carbocycles. The van der Waals surface area contributed by atoms with Crippen LogP contribution in [0.3, 0.4) is 0 Å². The lowest BCUT2D eigenvalue weighted by atomic mass is 9.83. The molecule has 118 valence electrons. The van der Waals surface area contributed by atoms with Gasteiger partial charge in [0, 0.05) is 10.2 Å². The zero-order chi connectivity index (χ0) is 16.6. The topological polar surface area (TPSA) is 77.8 Å². The van der Waals surface area contributed by atoms with Crippen molar-refractivity contribution in [1.29, 1.82) is 0 Å². The monoisotopic (exact) mass is 373 g/mol. The van der Waals surface area contributed by atoms with Gasteiger partial charge in [-0.15, -0.1) is 0 Å². The van der Waals surface area contributed by atoms with Crippen molar-refractivity contribution in [2.24, 2.45) is 0 Å². The number of nitrogens with one attached hydrogen (secondary N) is 3. The fourth-order valence-corrected chi connectivity index (χ4v) is 2.66. The molecular weight excluding hydrogens is 358 g/mol. The van der Waals surface area contributed by atoms with E-state index in [4.69, 9.17) is 0 Å². The van der Waals surface area contributed by atoms with Crippen molar-refractivity contribution in [3.63, 3.8) is 0 Å². The number of carbonyl (C=O) groups is 1. The molecule has 0 fully saturated rings. The third-order valence-corrected chi connectivity index (χ3v) is 4.44. The molecule has 1 heterocycles. The van der Waals surface area contributed by atoms with Crippen LogP contribution >= 0.6 is 15.9 Å². The van der Waals surface area contributed by atoms with Crippen LogP contribution in [0.25, 0.3) is 11.0 Å². The summed E-state index contributed by atoms with van der Waals surface area (Å²) in [5.41, 5.74) is 1.99. The second-order valence-electron chi connectivity index (χ2n) is 5.93. The summed E-state index contributed by atoms with van der Waals surface area (Å²) in [6.07, 6.45) is 0. The standard InChI is InChI=1S/C17H16BrN3O2/c1-17(2,10-3-5-11(18)6-4-10)15(22)19-12-7-8-13-14(9-12)21-16(23)20-13/h3-9H,1-2H3,(H,19,22)(H2,20,21,23). The minimum atomic E-state index is -0.679. The molecular formula is C17H16BrN3O2. The highest BCUT2D eigenvalue weighted by molar-refractivity contribution is 9.10. The Morgan fingerprint density at radius 2 is 1.70 bits per heavy atom. The molecule has 2 aromatic carbocycles. The smallest absolute Gasteiger partial charge is 0.323 e. The Bertz CT molecular complexity index is 923. The second-order valence-corrected chi connectivity index (χ2v) is 6.84. The summed E-state index contributed by atoms with van der Waals surface area (Å²) in [6, 6.07) is 13.0. The van der Waals surface area contributed by atoms with E-state index in [9.17, 15) is 9.59 Å². The molecule has 3 rings (SSSR count). The van der Waals surface area contributed by atoms with Crippen molar-refractivity contribution in [2.45, 2.75) is 19.3 Å². The molecule has 1 amide bonds. The van der Waals surface area contributed by atoms with E-state index in [1.54, 1.807) is 18.2 Å². The van der Waals surface area contributed by atoms with E-state index in [0.29, 0.717) is 16.7 Å². The Labute approximate surface area is 141 Å². The summed E-state index contributed by atoms with van der Waals surface area (Å²) in [4.78, 5) is 29.3. The SMILES string of the molecule is CC(C)(C(=O)Nc1ccc2[nH]c(=O)[nH]c2c1)c1ccc(Br)cc1. The Balaban J connectivity index is 1.86. The van der Waals surface area contributed by atoms with E-state index in [0.717, 1.165) is 10.0 Å². The van der Waals surface area contributed by atoms with E-state index in [1.807, 2.05) is 38.1 Å². The molecule has 3 N–H and O–H groups in total. The van der Waals surface area contributed by atoms with Gasteiger partial charge in [-0.2, -0.15) is 0 Å². The number of imidazole rings is 1. The van der Waals surface area contributed by atoms with Gasteiger partial charge in [-0.1, -0.05) is 28.1 Å². The number of carbonyl (C=O) groups excluding carboxylic acids is 1. The molecule has 23 heavy (non-hydrogen) atoms. The first-order valence-electron chi connectivity index (χ1n) is 7.16. The van der Waals surface area contributed by atoms with Crippen molar-refractivity contribution >= 4 is 38.6 Å². The van der Waals surface area contributed by atoms with Gasteiger partial charge in [0.05, 0.1) is 16.4 Å². The first-order chi connectivity index (χ1) is 10.9. The molecule has 5 nitrogen and oxygen atoms in total. The summed E-state index contributed by atoms with van der Waals surface area (Å²) in [5, 5.41) is 2.91. The zero-order valence-electron chi connectivity index (χ0n) is 12.7. The summed E-state index contributed by atoms with van der Waals surface area (Å²) >= 11 is 3.40. The van der Waals surface area contributed by atoms with Crippen LogP contribution in [0.15, 0.2) is 51.7 Å². The Kier molecular flexibility index (Phi) is 3.85. The van der Waals surface area contributed by atoms with Crippen LogP contribution in [0, 0.1) is 0 Å². The molecule has 1 aromatic heterocycles. The lowest BCUT2D eigenvalue weighted by Crippen LogP contribution is -2.34. The molecule has 3 aromatic rings. The molecule has 6 heteroatoms. The number of hydrogen-bond donors (Lipinski definition) is 3. The highest BCUT2D eigenvalue weighted by atomic mass is 79.9. The lowest BCUT2D eigenvalue weighted by Gasteiger charge is -2.24. The average molecular weight is 374 g/mol. The second kappa shape index (κ2) is 5.70. The number of aromatic nitrogens is 2. The summed E-state index contributed by atoms with van der Waals surface area (Å²) in [5.74, 6) is -0.114. The first-order valence-corrected chi connectivity index (χ1v) is 7.95. The molecule has 0 radical (unpaired) electrons. The fraction of sp³-hybridized carbons (Fsp3) is 0.176. The number of rotatable bonds is 3. The van der Waals surface area contributed by atoms with Crippen LogP contribution in [0.2, 0.25) is 0 Å². The van der Waals surface area contributed by atoms with Gasteiger partial charge in [-0.05, 0) is 49.7 Å². The van der Waals surface area contributed by atoms with Gasteiger partial charge in [-0.25, -0.2) is 4.79 Å². The number of amides is 1. The first kappa shape index (κ1) is 15.6. The highest BCUT2D eigenvalue weighted by Crippen LogP contribution is 2.27. The van der Waals surface area contributed by atoms with E-state index in [2.05, 4.69) is 31.2 Å². The molecule has 0 spiro atoms. The maximum absolute atomic E-state index is 12.7. The van der Waals surface area contributed by atoms with Crippen molar-refractivity contribution in [2.75, 3.05) is 5.32 Å². The third-order valence-electron chi connectivity index (χ3n) is 3.91. The van der Waals surface area contributed by atoms with Crippen molar-refractivity contribution in [1.82, 2.24) is 9.97 Å². The van der Waals surface area contributed by atoms with Crippen molar-refractivity contribution in [3.05, 3.63) is 63.0 Å². The quantitative estimate of drug-likeness (QED) is 0.656. The summed E-state index contributed by atoms with van der Waals surface area (Å²) in [6.45, 7) is 3.75. The normalized spacial score (nSPS) is 11.6. The largest absolute Gasteiger partial charge is 0.325 e. The lowest BCUT2D eigenvalue weighted by molar-refractivity contribution is -0.120. The van der Waals surface area contributed by atoms with Crippen LogP contribution in [0.4, 0.5) is 5.69 Å². The molecule has 0 aliphatic rings. The van der Waals surface area contributed by atoms with Gasteiger partial charge in [0.25, 0.3) is 0 Å². The van der Waals surface area contributed by atoms with Crippen LogP contribution in [-0.4, -0.2) is 15.9 Å². The average Bonchev–Trinajstić information content (AvgIpc) is 2.87. The number of H-pyrrole nitrogens is 2. The van der Waals surface area contributed by atoms with E-state index < -0.39 is 5.41 Å². The number of anilines is 1. The van der Waals surface area contributed by atoms with Crippen LogP contribution in [0.5, 0.6) is 0 Å². The Morgan fingerprint density at radius 3 is 2.39 bits per heavy atom. The molecule has 0 bridgehead atoms. The maximum atomic E-state index is 12.7. The van der Waals surface area contributed by atoms with Gasteiger partial charge >= 0.3 is 5.69 Å². The number of hydrogen-bond acceptors (Lipinski definition) is 2. The Hall–Kier alpha value is -2.34. The number of halogens is 1. The number of fused-ring (bicyclic) bond motifs is 1. The van der Waals surface area contributed by atoms with Gasteiger partial charge in [0.1, 0.15) is 0 Å².